The van der Waals surface area contributed by atoms with Gasteiger partial charge in [-0.1, -0.05) is 13.3 Å². The highest BCUT2D eigenvalue weighted by Gasteiger charge is 2.48. The van der Waals surface area contributed by atoms with E-state index < -0.39 is 11.5 Å². The third-order valence-electron chi connectivity index (χ3n) is 5.08. The number of aliphatic carboxylic acids is 1. The average molecular weight is 283 g/mol. The summed E-state index contributed by atoms with van der Waals surface area (Å²) in [6.45, 7) is 8.26. The fourth-order valence-corrected chi connectivity index (χ4v) is 3.78. The molecule has 0 aromatic heterocycles. The van der Waals surface area contributed by atoms with Crippen LogP contribution in [-0.4, -0.2) is 72.7 Å². The van der Waals surface area contributed by atoms with E-state index in [0.29, 0.717) is 0 Å². The number of carboxylic acid groups (broad SMARTS) is 1. The Morgan fingerprint density at radius 3 is 2.65 bits per heavy atom. The van der Waals surface area contributed by atoms with Crippen LogP contribution in [0.25, 0.3) is 0 Å². The van der Waals surface area contributed by atoms with Crippen LogP contribution in [0.1, 0.15) is 32.6 Å². The predicted octanol–water partition coefficient (Wildman–Crippen LogP) is 0.857. The number of piperazine rings is 1. The minimum Gasteiger partial charge on any atom is -0.480 e. The van der Waals surface area contributed by atoms with Crippen molar-refractivity contribution in [2.75, 3.05) is 46.3 Å². The molecule has 2 fully saturated rings. The van der Waals surface area contributed by atoms with Crippen molar-refractivity contribution < 1.29 is 9.90 Å². The zero-order chi connectivity index (χ0) is 14.6. The molecule has 2 atom stereocenters. The van der Waals surface area contributed by atoms with E-state index >= 15 is 0 Å². The van der Waals surface area contributed by atoms with Gasteiger partial charge in [0.2, 0.25) is 0 Å². The molecule has 2 rings (SSSR count). The second-order valence-corrected chi connectivity index (χ2v) is 6.33. The van der Waals surface area contributed by atoms with E-state index in [0.717, 1.165) is 65.0 Å². The Bertz CT molecular complexity index is 329. The first-order chi connectivity index (χ1) is 9.58. The SMILES string of the molecule is CCNC1(C(=O)O)CCCC1CCN1CCN(C)CC1. The van der Waals surface area contributed by atoms with Gasteiger partial charge in [-0.05, 0) is 45.3 Å². The summed E-state index contributed by atoms with van der Waals surface area (Å²) in [5.41, 5.74) is -0.665. The zero-order valence-corrected chi connectivity index (χ0v) is 12.9. The Hall–Kier alpha value is -0.650. The van der Waals surface area contributed by atoms with Gasteiger partial charge in [0.15, 0.2) is 0 Å². The molecule has 1 saturated carbocycles. The molecule has 2 unspecified atom stereocenters. The Balaban J connectivity index is 1.88. The van der Waals surface area contributed by atoms with E-state index in [9.17, 15) is 9.90 Å². The molecule has 20 heavy (non-hydrogen) atoms. The van der Waals surface area contributed by atoms with Crippen molar-refractivity contribution >= 4 is 5.97 Å². The van der Waals surface area contributed by atoms with Gasteiger partial charge in [0.25, 0.3) is 0 Å². The summed E-state index contributed by atoms with van der Waals surface area (Å²) in [5.74, 6) is -0.375. The van der Waals surface area contributed by atoms with Crippen molar-refractivity contribution in [2.45, 2.75) is 38.1 Å². The standard InChI is InChI=1S/C15H29N3O2/c1-3-16-15(14(19)20)7-4-5-13(15)6-8-18-11-9-17(2)10-12-18/h13,16H,3-12H2,1-2H3,(H,19,20). The van der Waals surface area contributed by atoms with Crippen LogP contribution in [0.5, 0.6) is 0 Å². The number of nitrogens with one attached hydrogen (secondary N) is 1. The van der Waals surface area contributed by atoms with Gasteiger partial charge in [-0.25, -0.2) is 0 Å². The van der Waals surface area contributed by atoms with Crippen LogP contribution in [0.4, 0.5) is 0 Å². The quantitative estimate of drug-likeness (QED) is 0.757. The molecule has 1 aliphatic heterocycles. The van der Waals surface area contributed by atoms with Crippen molar-refractivity contribution in [1.29, 1.82) is 0 Å². The summed E-state index contributed by atoms with van der Waals surface area (Å²) in [5, 5.41) is 12.9. The molecule has 0 radical (unpaired) electrons. The van der Waals surface area contributed by atoms with Crippen LogP contribution >= 0.6 is 0 Å². The minimum absolute atomic E-state index is 0.277. The first-order valence-electron chi connectivity index (χ1n) is 7.98. The smallest absolute Gasteiger partial charge is 0.324 e. The number of rotatable bonds is 6. The molecule has 5 nitrogen and oxygen atoms in total. The van der Waals surface area contributed by atoms with Crippen LogP contribution in [0, 0.1) is 5.92 Å². The minimum atomic E-state index is -0.665. The van der Waals surface area contributed by atoms with Crippen molar-refractivity contribution in [3.8, 4) is 0 Å². The molecular formula is C15H29N3O2. The molecule has 1 heterocycles. The van der Waals surface area contributed by atoms with Crippen molar-refractivity contribution in [3.63, 3.8) is 0 Å². The van der Waals surface area contributed by atoms with Crippen LogP contribution < -0.4 is 5.32 Å². The second kappa shape index (κ2) is 6.87. The summed E-state index contributed by atoms with van der Waals surface area (Å²) in [7, 11) is 2.16. The topological polar surface area (TPSA) is 55.8 Å². The largest absolute Gasteiger partial charge is 0.480 e. The molecule has 0 aromatic rings. The maximum Gasteiger partial charge on any atom is 0.324 e. The number of nitrogens with zero attached hydrogens (tertiary/aromatic N) is 2. The Kier molecular flexibility index (Phi) is 5.41. The molecule has 2 aliphatic rings. The maximum atomic E-state index is 11.7. The normalized spacial score (nSPS) is 32.6. The second-order valence-electron chi connectivity index (χ2n) is 6.33. The predicted molar refractivity (Wildman–Crippen MR) is 79.9 cm³/mol. The molecule has 116 valence electrons. The highest BCUT2D eigenvalue weighted by atomic mass is 16.4. The summed E-state index contributed by atoms with van der Waals surface area (Å²) >= 11 is 0. The van der Waals surface area contributed by atoms with Crippen LogP contribution in [-0.2, 0) is 4.79 Å². The molecule has 0 bridgehead atoms. The lowest BCUT2D eigenvalue weighted by molar-refractivity contribution is -0.146. The van der Waals surface area contributed by atoms with Crippen LogP contribution in [0.3, 0.4) is 0 Å². The van der Waals surface area contributed by atoms with Crippen molar-refractivity contribution in [3.05, 3.63) is 0 Å². The van der Waals surface area contributed by atoms with Crippen LogP contribution in [0.2, 0.25) is 0 Å². The molecule has 5 heteroatoms. The molecule has 1 aliphatic carbocycles. The van der Waals surface area contributed by atoms with Gasteiger partial charge < -0.3 is 20.2 Å². The molecule has 2 N–H and O–H groups in total. The Morgan fingerprint density at radius 1 is 1.35 bits per heavy atom. The summed E-state index contributed by atoms with van der Waals surface area (Å²) < 4.78 is 0. The van der Waals surface area contributed by atoms with Gasteiger partial charge in [0, 0.05) is 26.2 Å². The van der Waals surface area contributed by atoms with E-state index in [4.69, 9.17) is 0 Å². The average Bonchev–Trinajstić information content (AvgIpc) is 2.83. The van der Waals surface area contributed by atoms with E-state index in [2.05, 4.69) is 22.2 Å². The summed E-state index contributed by atoms with van der Waals surface area (Å²) in [6.07, 6.45) is 3.87. The molecular weight excluding hydrogens is 254 g/mol. The monoisotopic (exact) mass is 283 g/mol. The van der Waals surface area contributed by atoms with E-state index in [1.54, 1.807) is 0 Å². The molecule has 0 amide bonds. The van der Waals surface area contributed by atoms with Crippen LogP contribution in [0.15, 0.2) is 0 Å². The third-order valence-corrected chi connectivity index (χ3v) is 5.08. The molecule has 0 aromatic carbocycles. The lowest BCUT2D eigenvalue weighted by Crippen LogP contribution is -2.55. The fraction of sp³-hybridized carbons (Fsp3) is 0.933. The van der Waals surface area contributed by atoms with Crippen molar-refractivity contribution in [1.82, 2.24) is 15.1 Å². The van der Waals surface area contributed by atoms with Gasteiger partial charge in [0.05, 0.1) is 0 Å². The Morgan fingerprint density at radius 2 is 2.05 bits per heavy atom. The van der Waals surface area contributed by atoms with Gasteiger partial charge in [-0.3, -0.25) is 4.79 Å². The van der Waals surface area contributed by atoms with Gasteiger partial charge >= 0.3 is 5.97 Å². The van der Waals surface area contributed by atoms with Gasteiger partial charge in [-0.2, -0.15) is 0 Å². The lowest BCUT2D eigenvalue weighted by atomic mass is 9.84. The number of hydrogen-bond acceptors (Lipinski definition) is 4. The number of carboxylic acids is 1. The highest BCUT2D eigenvalue weighted by molar-refractivity contribution is 5.79. The first kappa shape index (κ1) is 15.7. The maximum absolute atomic E-state index is 11.7. The third kappa shape index (κ3) is 3.32. The number of likely N-dealkylation sites (N-methyl/N-ethyl adjacent to an activating group) is 2. The zero-order valence-electron chi connectivity index (χ0n) is 12.9. The number of carbonyl (C=O) groups is 1. The van der Waals surface area contributed by atoms with Gasteiger partial charge in [-0.15, -0.1) is 0 Å². The van der Waals surface area contributed by atoms with E-state index in [1.165, 1.54) is 0 Å². The molecule has 1 saturated heterocycles. The lowest BCUT2D eigenvalue weighted by Gasteiger charge is -2.36. The number of hydrogen-bond donors (Lipinski definition) is 2. The fourth-order valence-electron chi connectivity index (χ4n) is 3.78. The van der Waals surface area contributed by atoms with Gasteiger partial charge in [0.1, 0.15) is 5.54 Å². The van der Waals surface area contributed by atoms with E-state index in [-0.39, 0.29) is 5.92 Å². The van der Waals surface area contributed by atoms with E-state index in [1.807, 2.05) is 6.92 Å². The first-order valence-corrected chi connectivity index (χ1v) is 7.98. The van der Waals surface area contributed by atoms with Crippen molar-refractivity contribution in [2.24, 2.45) is 5.92 Å². The summed E-state index contributed by atoms with van der Waals surface area (Å²) in [4.78, 5) is 16.6. The highest BCUT2D eigenvalue weighted by Crippen LogP contribution is 2.38. The summed E-state index contributed by atoms with van der Waals surface area (Å²) in [6, 6.07) is 0. The molecule has 0 spiro atoms. The Labute approximate surface area is 122 Å².